The molecule has 0 unspecified atom stereocenters. The Balaban J connectivity index is 1.17. The second kappa shape index (κ2) is 26.7. The number of carbonyl (C=O) groups is 4. The second-order valence-corrected chi connectivity index (χ2v) is 17.8. The molecule has 5 aliphatic heterocycles. The quantitative estimate of drug-likeness (QED) is 0.0360. The van der Waals surface area contributed by atoms with Gasteiger partial charge in [0.25, 0.3) is 0 Å². The highest BCUT2D eigenvalue weighted by Crippen LogP contribution is 2.39. The van der Waals surface area contributed by atoms with Crippen LogP contribution in [0.25, 0.3) is 0 Å². The molecule has 11 N–H and O–H groups in total. The first-order valence-electron chi connectivity index (χ1n) is 23.7. The van der Waals surface area contributed by atoms with Crippen LogP contribution in [0.15, 0.2) is 71.2 Å². The molecule has 27 nitrogen and oxygen atoms in total. The van der Waals surface area contributed by atoms with E-state index < -0.39 is 173 Å². The van der Waals surface area contributed by atoms with Gasteiger partial charge in [-0.3, -0.25) is 9.59 Å². The van der Waals surface area contributed by atoms with Crippen LogP contribution in [0.2, 0.25) is 0 Å². The van der Waals surface area contributed by atoms with Gasteiger partial charge in [0.1, 0.15) is 79.5 Å². The Labute approximate surface area is 428 Å². The third kappa shape index (κ3) is 13.7. The molecule has 0 spiro atoms. The first kappa shape index (κ1) is 59.1. The van der Waals surface area contributed by atoms with Gasteiger partial charge in [0, 0.05) is 23.0 Å². The summed E-state index contributed by atoms with van der Waals surface area (Å²) in [6.45, 7) is 0.552. The van der Waals surface area contributed by atoms with Crippen molar-refractivity contribution in [1.82, 2.24) is 0 Å². The lowest BCUT2D eigenvalue weighted by Gasteiger charge is -2.42. The minimum Gasteiger partial charge on any atom is -0.508 e. The number of aromatic hydroxyl groups is 1. The van der Waals surface area contributed by atoms with Crippen molar-refractivity contribution in [3.8, 4) is 5.75 Å². The summed E-state index contributed by atoms with van der Waals surface area (Å²) in [6.07, 6.45) is -25.2. The number of aliphatic hydroxyl groups is 10. The highest BCUT2D eigenvalue weighted by molar-refractivity contribution is 5.91. The molecule has 0 saturated carbocycles. The van der Waals surface area contributed by atoms with E-state index in [0.29, 0.717) is 5.56 Å². The topological polar surface area (TPSA) is 402 Å². The fourth-order valence-electron chi connectivity index (χ4n) is 8.88. The molecule has 19 atom stereocenters. The summed E-state index contributed by atoms with van der Waals surface area (Å²) in [5, 5.41) is 114. The summed E-state index contributed by atoms with van der Waals surface area (Å²) in [5.41, 5.74) is 0.466. The lowest BCUT2D eigenvalue weighted by atomic mass is 9.86. The first-order valence-corrected chi connectivity index (χ1v) is 23.7. The van der Waals surface area contributed by atoms with E-state index in [1.807, 2.05) is 0 Å². The summed E-state index contributed by atoms with van der Waals surface area (Å²) in [4.78, 5) is 53.6. The van der Waals surface area contributed by atoms with Crippen LogP contribution in [0.4, 0.5) is 0 Å². The number of rotatable bonds is 19. The summed E-state index contributed by atoms with van der Waals surface area (Å²) in [6, 6.07) is 6.08. The fourth-order valence-corrected chi connectivity index (χ4v) is 8.88. The number of phenols is 1. The number of hydrogen-bond donors (Lipinski definition) is 11. The minimum absolute atomic E-state index is 0.00290. The summed E-state index contributed by atoms with van der Waals surface area (Å²) in [5.74, 6) is -6.43. The van der Waals surface area contributed by atoms with Crippen LogP contribution in [0.3, 0.4) is 0 Å². The number of hydrogen-bond acceptors (Lipinski definition) is 27. The molecule has 0 radical (unpaired) electrons. The Hall–Kier alpha value is -5.18. The summed E-state index contributed by atoms with van der Waals surface area (Å²) < 4.78 is 66.8. The molecule has 5 aliphatic rings. The van der Waals surface area contributed by atoms with E-state index in [0.717, 1.165) is 26.7 Å². The Morgan fingerprint density at radius 3 is 1.49 bits per heavy atom. The third-order valence-corrected chi connectivity index (χ3v) is 13.1. The van der Waals surface area contributed by atoms with Gasteiger partial charge in [-0.05, 0) is 38.0 Å². The molecule has 5 heterocycles. The van der Waals surface area contributed by atoms with Gasteiger partial charge in [-0.15, -0.1) is 0 Å². The Morgan fingerprint density at radius 1 is 0.587 bits per heavy atom. The molecule has 3 saturated heterocycles. The lowest BCUT2D eigenvalue weighted by Crippen LogP contribution is -2.61. The summed E-state index contributed by atoms with van der Waals surface area (Å²) in [7, 11) is 2.14. The molecular formula is C48H64O27. The van der Waals surface area contributed by atoms with Gasteiger partial charge in [-0.2, -0.15) is 0 Å². The van der Waals surface area contributed by atoms with E-state index >= 15 is 0 Å². The zero-order chi connectivity index (χ0) is 54.8. The fraction of sp³-hybridized carbons (Fsp3) is 0.625. The number of benzene rings is 1. The highest BCUT2D eigenvalue weighted by atomic mass is 16.8. The molecule has 3 fully saturated rings. The third-order valence-electron chi connectivity index (χ3n) is 13.1. The normalized spacial score (nSPS) is 37.1. The number of phenolic OH excluding ortho intramolecular Hbond substituents is 1. The van der Waals surface area contributed by atoms with Gasteiger partial charge in [0.15, 0.2) is 25.0 Å². The van der Waals surface area contributed by atoms with Crippen LogP contribution in [-0.2, 0) is 82.4 Å². The number of ether oxygens (including phenoxy) is 12. The maximum Gasteiger partial charge on any atom is 0.337 e. The molecule has 75 heavy (non-hydrogen) atoms. The van der Waals surface area contributed by atoms with Crippen molar-refractivity contribution in [3.63, 3.8) is 0 Å². The van der Waals surface area contributed by atoms with E-state index in [9.17, 15) is 75.3 Å². The minimum atomic E-state index is -2.00. The van der Waals surface area contributed by atoms with Gasteiger partial charge in [0.05, 0.1) is 70.6 Å². The average Bonchev–Trinajstić information content (AvgIpc) is 3.40. The van der Waals surface area contributed by atoms with Crippen molar-refractivity contribution in [1.29, 1.82) is 0 Å². The SMILES string of the molecule is C/C=C1/[C@H](O[C@@H]2O[C@@H](CO)[C@@H](O)[C@H](O)[C@@H]2O)OC=C(C(=O)OC)[C@H]1CC(=O)O[C@@H]1[C@H](OCCc2ccc(O)cc2)O[C@H](COC(=O)C[C@@H]2C(C(=O)OC)=CO[C@@H](O[C@H]3O[C@H](CO)[C@@H](O)[C@H](O)[C@@H]3O)/C2=C/C)[C@@H](O)[C@@H]1O. The van der Waals surface area contributed by atoms with E-state index in [-0.39, 0.29) is 41.1 Å². The van der Waals surface area contributed by atoms with E-state index in [2.05, 4.69) is 0 Å². The molecule has 27 heteroatoms. The number of carbonyl (C=O) groups excluding carboxylic acids is 4. The molecular weight excluding hydrogens is 1010 g/mol. The van der Waals surface area contributed by atoms with Crippen LogP contribution < -0.4 is 0 Å². The monoisotopic (exact) mass is 1070 g/mol. The Bertz CT molecular complexity index is 2230. The molecule has 418 valence electrons. The standard InChI is InChI=1S/C48H64O27/c1-5-22-24(26(42(62)64-3)17-68-44(22)74-46-39(60)36(57)33(54)28(15-49)70-46)13-31(52)67-19-30-35(56)38(59)41(48(72-30)66-12-11-20-7-9-21(51)10-8-20)73-32(53)14-25-23(6-2)45(69-18-27(25)43(63)65-4)75-47-40(61)37(58)34(55)29(16-50)71-47/h5-10,17-18,24-25,28-30,33-41,44-51,54-61H,11-16,19H2,1-4H3/b22-5+,23-6+/t24-,25-,28+,29-,30+,33+,34+,35+,36-,37-,38-,39-,40-,41-,44-,45-,46+,47-,48+/m0/s1. The van der Waals surface area contributed by atoms with Crippen LogP contribution in [-0.4, -0.2) is 225 Å². The molecule has 0 aliphatic carbocycles. The number of methoxy groups -OCH3 is 2. The molecule has 0 amide bonds. The Kier molecular flexibility index (Phi) is 21.1. The van der Waals surface area contributed by atoms with Crippen molar-refractivity contribution in [2.75, 3.05) is 40.6 Å². The van der Waals surface area contributed by atoms with Gasteiger partial charge >= 0.3 is 23.9 Å². The zero-order valence-corrected chi connectivity index (χ0v) is 41.0. The van der Waals surface area contributed by atoms with Crippen molar-refractivity contribution in [3.05, 3.63) is 76.8 Å². The van der Waals surface area contributed by atoms with E-state index in [1.54, 1.807) is 12.1 Å². The molecule has 6 rings (SSSR count). The number of esters is 4. The van der Waals surface area contributed by atoms with Gasteiger partial charge < -0.3 is 113 Å². The molecule has 1 aromatic carbocycles. The van der Waals surface area contributed by atoms with Crippen LogP contribution in [0.5, 0.6) is 5.75 Å². The summed E-state index contributed by atoms with van der Waals surface area (Å²) >= 11 is 0. The van der Waals surface area contributed by atoms with Crippen molar-refractivity contribution in [2.24, 2.45) is 11.8 Å². The van der Waals surface area contributed by atoms with Crippen molar-refractivity contribution >= 4 is 23.9 Å². The highest BCUT2D eigenvalue weighted by Gasteiger charge is 2.51. The maximum atomic E-state index is 14.0. The molecule has 0 aromatic heterocycles. The van der Waals surface area contributed by atoms with Crippen LogP contribution in [0, 0.1) is 11.8 Å². The smallest absolute Gasteiger partial charge is 0.337 e. The van der Waals surface area contributed by atoms with Crippen molar-refractivity contribution < 1.29 is 132 Å². The largest absolute Gasteiger partial charge is 0.508 e. The maximum absolute atomic E-state index is 14.0. The zero-order valence-electron chi connectivity index (χ0n) is 41.0. The van der Waals surface area contributed by atoms with Gasteiger partial charge in [-0.25, -0.2) is 9.59 Å². The van der Waals surface area contributed by atoms with Crippen LogP contribution >= 0.6 is 0 Å². The predicted octanol–water partition coefficient (Wildman–Crippen LogP) is -3.78. The average molecular weight is 1070 g/mol. The first-order chi connectivity index (χ1) is 35.8. The Morgan fingerprint density at radius 2 is 1.04 bits per heavy atom. The van der Waals surface area contributed by atoms with E-state index in [4.69, 9.17) is 56.8 Å². The molecule has 1 aromatic rings. The predicted molar refractivity (Wildman–Crippen MR) is 243 cm³/mol. The van der Waals surface area contributed by atoms with Crippen molar-refractivity contribution in [2.45, 2.75) is 138 Å². The van der Waals surface area contributed by atoms with E-state index in [1.165, 1.54) is 38.1 Å². The number of aliphatic hydroxyl groups excluding tert-OH is 10. The molecule has 0 bridgehead atoms. The van der Waals surface area contributed by atoms with Crippen LogP contribution in [0.1, 0.15) is 32.3 Å². The number of allylic oxidation sites excluding steroid dienone is 2. The van der Waals surface area contributed by atoms with Gasteiger partial charge in [0.2, 0.25) is 12.6 Å². The second-order valence-electron chi connectivity index (χ2n) is 17.8. The van der Waals surface area contributed by atoms with Gasteiger partial charge in [-0.1, -0.05) is 24.3 Å². The lowest BCUT2D eigenvalue weighted by molar-refractivity contribution is -0.327.